The molecule has 6 nitrogen and oxygen atoms in total. The minimum atomic E-state index is -3.07. The van der Waals surface area contributed by atoms with Gasteiger partial charge in [-0.1, -0.05) is 37.3 Å². The molecule has 0 fully saturated rings. The molecular weight excluding hydrogens is 302 g/mol. The molecule has 2 rings (SSSR count). The summed E-state index contributed by atoms with van der Waals surface area (Å²) in [6, 6.07) is 9.80. The third-order valence-electron chi connectivity index (χ3n) is 3.22. The Morgan fingerprint density at radius 1 is 1.27 bits per heavy atom. The van der Waals surface area contributed by atoms with Crippen molar-refractivity contribution in [2.75, 3.05) is 18.1 Å². The molecule has 0 saturated carbocycles. The Morgan fingerprint density at radius 2 is 2.00 bits per heavy atom. The maximum Gasteiger partial charge on any atom is 0.254 e. The van der Waals surface area contributed by atoms with E-state index in [1.54, 1.807) is 17.8 Å². The lowest BCUT2D eigenvalue weighted by Crippen LogP contribution is -2.29. The van der Waals surface area contributed by atoms with Crippen LogP contribution < -0.4 is 5.32 Å². The van der Waals surface area contributed by atoms with Gasteiger partial charge in [-0.05, 0) is 5.56 Å². The minimum Gasteiger partial charge on any atom is -0.351 e. The molecule has 1 aromatic carbocycles. The molecule has 22 heavy (non-hydrogen) atoms. The van der Waals surface area contributed by atoms with Gasteiger partial charge in [0.15, 0.2) is 9.84 Å². The summed E-state index contributed by atoms with van der Waals surface area (Å²) in [5.41, 5.74) is 1.51. The summed E-state index contributed by atoms with van der Waals surface area (Å²) in [5, 5.41) is 6.74. The van der Waals surface area contributed by atoms with E-state index in [0.717, 1.165) is 5.56 Å². The van der Waals surface area contributed by atoms with Gasteiger partial charge in [-0.2, -0.15) is 5.10 Å². The fourth-order valence-electron chi connectivity index (χ4n) is 1.90. The van der Waals surface area contributed by atoms with E-state index in [1.165, 1.54) is 6.20 Å². The first-order valence-corrected chi connectivity index (χ1v) is 8.87. The van der Waals surface area contributed by atoms with Crippen LogP contribution in [0.15, 0.2) is 42.7 Å². The van der Waals surface area contributed by atoms with Gasteiger partial charge < -0.3 is 5.32 Å². The third kappa shape index (κ3) is 4.70. The first-order chi connectivity index (χ1) is 10.5. The highest BCUT2D eigenvalue weighted by molar-refractivity contribution is 7.91. The standard InChI is InChI=1S/C15H19N3O3S/c1-2-22(20,21)9-8-16-15(19)14-10-17-18(12-14)11-13-6-4-3-5-7-13/h3-7,10,12H,2,8-9,11H2,1H3,(H,16,19). The van der Waals surface area contributed by atoms with Gasteiger partial charge in [0.2, 0.25) is 0 Å². The molecule has 0 aliphatic carbocycles. The number of nitrogens with zero attached hydrogens (tertiary/aromatic N) is 2. The highest BCUT2D eigenvalue weighted by Crippen LogP contribution is 2.04. The number of hydrogen-bond donors (Lipinski definition) is 1. The number of benzene rings is 1. The summed E-state index contributed by atoms with van der Waals surface area (Å²) in [5.74, 6) is -0.281. The Labute approximate surface area is 130 Å². The fourth-order valence-corrected chi connectivity index (χ4v) is 2.61. The minimum absolute atomic E-state index is 0.0482. The molecule has 0 bridgehead atoms. The zero-order chi connectivity index (χ0) is 16.0. The second-order valence-corrected chi connectivity index (χ2v) is 7.38. The van der Waals surface area contributed by atoms with Gasteiger partial charge in [0.1, 0.15) is 0 Å². The van der Waals surface area contributed by atoms with E-state index in [4.69, 9.17) is 0 Å². The molecule has 0 aliphatic rings. The lowest BCUT2D eigenvalue weighted by Gasteiger charge is -2.03. The summed E-state index contributed by atoms with van der Waals surface area (Å²) in [7, 11) is -3.07. The van der Waals surface area contributed by atoms with Gasteiger partial charge in [0, 0.05) is 18.5 Å². The second-order valence-electron chi connectivity index (χ2n) is 4.90. The Hall–Kier alpha value is -2.15. The van der Waals surface area contributed by atoms with E-state index in [0.29, 0.717) is 12.1 Å². The molecule has 1 aromatic heterocycles. The van der Waals surface area contributed by atoms with Crippen molar-refractivity contribution < 1.29 is 13.2 Å². The van der Waals surface area contributed by atoms with Crippen molar-refractivity contribution in [3.63, 3.8) is 0 Å². The average Bonchev–Trinajstić information content (AvgIpc) is 2.96. The number of carbonyl (C=O) groups excluding carboxylic acids is 1. The Balaban J connectivity index is 1.89. The summed E-state index contributed by atoms with van der Waals surface area (Å²) in [4.78, 5) is 11.9. The van der Waals surface area contributed by atoms with E-state index in [2.05, 4.69) is 10.4 Å². The van der Waals surface area contributed by atoms with Crippen molar-refractivity contribution in [1.82, 2.24) is 15.1 Å². The molecule has 1 N–H and O–H groups in total. The van der Waals surface area contributed by atoms with E-state index in [1.807, 2.05) is 30.3 Å². The molecule has 7 heteroatoms. The highest BCUT2D eigenvalue weighted by Gasteiger charge is 2.11. The predicted molar refractivity (Wildman–Crippen MR) is 84.4 cm³/mol. The number of carbonyl (C=O) groups is 1. The Morgan fingerprint density at radius 3 is 2.68 bits per heavy atom. The molecule has 1 amide bonds. The number of rotatable bonds is 7. The maximum absolute atomic E-state index is 11.9. The normalized spacial score (nSPS) is 11.3. The highest BCUT2D eigenvalue weighted by atomic mass is 32.2. The van der Waals surface area contributed by atoms with Crippen LogP contribution in [0.1, 0.15) is 22.8 Å². The largest absolute Gasteiger partial charge is 0.351 e. The van der Waals surface area contributed by atoms with Crippen molar-refractivity contribution in [3.05, 3.63) is 53.9 Å². The van der Waals surface area contributed by atoms with E-state index >= 15 is 0 Å². The van der Waals surface area contributed by atoms with Gasteiger partial charge in [-0.25, -0.2) is 8.42 Å². The smallest absolute Gasteiger partial charge is 0.254 e. The molecule has 2 aromatic rings. The van der Waals surface area contributed by atoms with Crippen molar-refractivity contribution in [2.24, 2.45) is 0 Å². The first kappa shape index (κ1) is 16.2. The maximum atomic E-state index is 11.9. The number of aromatic nitrogens is 2. The van der Waals surface area contributed by atoms with Crippen LogP contribution in [0.2, 0.25) is 0 Å². The van der Waals surface area contributed by atoms with E-state index in [-0.39, 0.29) is 24.0 Å². The fraction of sp³-hybridized carbons (Fsp3) is 0.333. The molecule has 0 saturated heterocycles. The van der Waals surface area contributed by atoms with Gasteiger partial charge in [0.05, 0.1) is 24.1 Å². The topological polar surface area (TPSA) is 81.1 Å². The summed E-state index contributed by atoms with van der Waals surface area (Å²) >= 11 is 0. The van der Waals surface area contributed by atoms with Crippen LogP contribution in [-0.4, -0.2) is 42.2 Å². The second kappa shape index (κ2) is 7.22. The zero-order valence-electron chi connectivity index (χ0n) is 12.4. The van der Waals surface area contributed by atoms with Crippen LogP contribution in [0.4, 0.5) is 0 Å². The molecule has 0 radical (unpaired) electrons. The summed E-state index contributed by atoms with van der Waals surface area (Å²) in [6.07, 6.45) is 3.13. The zero-order valence-corrected chi connectivity index (χ0v) is 13.2. The molecule has 0 spiro atoms. The quantitative estimate of drug-likeness (QED) is 0.828. The summed E-state index contributed by atoms with van der Waals surface area (Å²) < 4.78 is 24.4. The molecular formula is C15H19N3O3S. The SMILES string of the molecule is CCS(=O)(=O)CCNC(=O)c1cnn(Cc2ccccc2)c1. The molecule has 0 unspecified atom stereocenters. The van der Waals surface area contributed by atoms with E-state index in [9.17, 15) is 13.2 Å². The van der Waals surface area contributed by atoms with Gasteiger partial charge >= 0.3 is 0 Å². The van der Waals surface area contributed by atoms with Gasteiger partial charge in [-0.3, -0.25) is 9.48 Å². The lowest BCUT2D eigenvalue weighted by atomic mass is 10.2. The van der Waals surface area contributed by atoms with Crippen LogP contribution in [-0.2, 0) is 16.4 Å². The number of hydrogen-bond acceptors (Lipinski definition) is 4. The van der Waals surface area contributed by atoms with Gasteiger partial charge in [-0.15, -0.1) is 0 Å². The summed E-state index contributed by atoms with van der Waals surface area (Å²) in [6.45, 7) is 2.28. The molecule has 118 valence electrons. The monoisotopic (exact) mass is 321 g/mol. The van der Waals surface area contributed by atoms with E-state index < -0.39 is 9.84 Å². The number of amides is 1. The third-order valence-corrected chi connectivity index (χ3v) is 4.93. The number of sulfone groups is 1. The first-order valence-electron chi connectivity index (χ1n) is 7.05. The van der Waals surface area contributed by atoms with Crippen LogP contribution >= 0.6 is 0 Å². The van der Waals surface area contributed by atoms with Crippen molar-refractivity contribution >= 4 is 15.7 Å². The van der Waals surface area contributed by atoms with Crippen LogP contribution in [0.5, 0.6) is 0 Å². The van der Waals surface area contributed by atoms with Gasteiger partial charge in [0.25, 0.3) is 5.91 Å². The molecule has 0 aliphatic heterocycles. The van der Waals surface area contributed by atoms with Crippen LogP contribution in [0.3, 0.4) is 0 Å². The Bertz CT molecular complexity index is 724. The number of nitrogens with one attached hydrogen (secondary N) is 1. The lowest BCUT2D eigenvalue weighted by molar-refractivity contribution is 0.0956. The van der Waals surface area contributed by atoms with Crippen LogP contribution in [0.25, 0.3) is 0 Å². The Kier molecular flexibility index (Phi) is 5.32. The predicted octanol–water partition coefficient (Wildman–Crippen LogP) is 1.10. The average molecular weight is 321 g/mol. The molecule has 1 heterocycles. The van der Waals surface area contributed by atoms with Crippen LogP contribution in [0, 0.1) is 0 Å². The van der Waals surface area contributed by atoms with Crippen molar-refractivity contribution in [2.45, 2.75) is 13.5 Å². The van der Waals surface area contributed by atoms with Crippen molar-refractivity contribution in [3.8, 4) is 0 Å². The van der Waals surface area contributed by atoms with Crippen molar-refractivity contribution in [1.29, 1.82) is 0 Å². The molecule has 0 atom stereocenters.